The van der Waals surface area contributed by atoms with E-state index in [9.17, 15) is 19.7 Å². The van der Waals surface area contributed by atoms with Crippen molar-refractivity contribution in [3.05, 3.63) is 34.4 Å². The van der Waals surface area contributed by atoms with E-state index < -0.39 is 17.3 Å². The molecule has 22 heavy (non-hydrogen) atoms. The minimum Gasteiger partial charge on any atom is -0.426 e. The number of carbonyl (C=O) groups excluding carboxylic acids is 2. The first-order valence-electron chi connectivity index (χ1n) is 6.38. The van der Waals surface area contributed by atoms with E-state index in [-0.39, 0.29) is 18.9 Å². The Bertz CT molecular complexity index is 530. The number of benzene rings is 1. The predicted molar refractivity (Wildman–Crippen MR) is 74.5 cm³/mol. The van der Waals surface area contributed by atoms with Crippen LogP contribution in [-0.2, 0) is 19.2 Å². The normalized spacial score (nSPS) is 11.4. The van der Waals surface area contributed by atoms with Gasteiger partial charge in [0.25, 0.3) is 5.09 Å². The number of nitrogens with zero attached hydrogens (tertiary/aromatic N) is 1. The van der Waals surface area contributed by atoms with Crippen LogP contribution < -0.4 is 10.1 Å². The summed E-state index contributed by atoms with van der Waals surface area (Å²) in [5, 5.41) is 11.6. The van der Waals surface area contributed by atoms with E-state index in [1.165, 1.54) is 26.0 Å². The molecular weight excluding hydrogens is 296 g/mol. The van der Waals surface area contributed by atoms with Crippen LogP contribution in [0.5, 0.6) is 5.75 Å². The maximum absolute atomic E-state index is 11.5. The number of hydrogen-bond acceptors (Lipinski definition) is 7. The predicted octanol–water partition coefficient (Wildman–Crippen LogP) is 1.51. The minimum absolute atomic E-state index is 0.0716. The Labute approximate surface area is 126 Å². The van der Waals surface area contributed by atoms with Crippen LogP contribution in [0.2, 0.25) is 0 Å². The van der Waals surface area contributed by atoms with Gasteiger partial charge in [-0.1, -0.05) is 0 Å². The van der Waals surface area contributed by atoms with Gasteiger partial charge >= 0.3 is 5.97 Å². The summed E-state index contributed by atoms with van der Waals surface area (Å²) in [4.78, 5) is 36.5. The number of nitrogens with one attached hydrogen (secondary N) is 1. The molecule has 1 rings (SSSR count). The lowest BCUT2D eigenvalue weighted by Gasteiger charge is -2.10. The van der Waals surface area contributed by atoms with Crippen molar-refractivity contribution in [1.29, 1.82) is 0 Å². The molecule has 1 unspecified atom stereocenters. The highest BCUT2D eigenvalue weighted by atomic mass is 17.0. The molecule has 1 atom stereocenters. The van der Waals surface area contributed by atoms with E-state index in [1.807, 2.05) is 0 Å². The van der Waals surface area contributed by atoms with Gasteiger partial charge < -0.3 is 14.8 Å². The second-order valence-corrected chi connectivity index (χ2v) is 4.20. The number of esters is 1. The smallest absolute Gasteiger partial charge is 0.313 e. The molecule has 0 radical (unpaired) electrons. The zero-order valence-corrected chi connectivity index (χ0v) is 12.1. The van der Waals surface area contributed by atoms with Crippen molar-refractivity contribution in [3.63, 3.8) is 0 Å². The molecule has 0 heterocycles. The van der Waals surface area contributed by atoms with E-state index >= 15 is 0 Å². The topological polar surface area (TPSA) is 117 Å². The van der Waals surface area contributed by atoms with Gasteiger partial charge in [-0.3, -0.25) is 14.4 Å². The Morgan fingerprint density at radius 3 is 2.50 bits per heavy atom. The van der Waals surface area contributed by atoms with Crippen LogP contribution in [0.4, 0.5) is 5.69 Å². The van der Waals surface area contributed by atoms with Crippen molar-refractivity contribution >= 4 is 17.6 Å². The molecule has 1 amide bonds. The van der Waals surface area contributed by atoms with Crippen molar-refractivity contribution in [1.82, 2.24) is 0 Å². The summed E-state index contributed by atoms with van der Waals surface area (Å²) in [7, 11) is 0. The van der Waals surface area contributed by atoms with Gasteiger partial charge in [-0.15, -0.1) is 10.1 Å². The molecule has 1 N–H and O–H groups in total. The highest BCUT2D eigenvalue weighted by Gasteiger charge is 2.10. The Kier molecular flexibility index (Phi) is 6.77. The zero-order valence-electron chi connectivity index (χ0n) is 12.1. The van der Waals surface area contributed by atoms with E-state index in [1.54, 1.807) is 12.1 Å². The molecule has 1 aromatic rings. The summed E-state index contributed by atoms with van der Waals surface area (Å²) >= 11 is 0. The molecule has 0 aliphatic carbocycles. The quantitative estimate of drug-likeness (QED) is 0.254. The third-order valence-electron chi connectivity index (χ3n) is 2.30. The molecule has 0 aromatic heterocycles. The van der Waals surface area contributed by atoms with Gasteiger partial charge in [0.15, 0.2) is 0 Å². The molecule has 120 valence electrons. The maximum atomic E-state index is 11.5. The third-order valence-corrected chi connectivity index (χ3v) is 2.30. The first kappa shape index (κ1) is 17.4. The molecule has 9 heteroatoms. The Morgan fingerprint density at radius 2 is 1.95 bits per heavy atom. The average Bonchev–Trinajstić information content (AvgIpc) is 2.39. The fraction of sp³-hybridized carbons (Fsp3) is 0.385. The van der Waals surface area contributed by atoms with E-state index in [0.717, 1.165) is 0 Å². The highest BCUT2D eigenvalue weighted by Crippen LogP contribution is 2.16. The lowest BCUT2D eigenvalue weighted by atomic mass is 10.3. The Balaban J connectivity index is 2.32. The SMILES string of the molecule is CC(=O)Nc1ccc(OC(=O)CCOC(C)O[N+](=O)[O-])cc1. The second-order valence-electron chi connectivity index (χ2n) is 4.20. The molecule has 0 aliphatic heterocycles. The fourth-order valence-corrected chi connectivity index (χ4v) is 1.45. The molecule has 0 saturated heterocycles. The number of rotatable bonds is 8. The van der Waals surface area contributed by atoms with Crippen LogP contribution in [0.25, 0.3) is 0 Å². The standard InChI is InChI=1S/C13H16N2O7/c1-9(16)14-11-3-5-12(6-4-11)21-13(17)7-8-20-10(2)22-15(18)19/h3-6,10H,7-8H2,1-2H3,(H,14,16). The molecule has 0 saturated carbocycles. The van der Waals surface area contributed by atoms with Gasteiger partial charge in [-0.05, 0) is 31.2 Å². The Morgan fingerprint density at radius 1 is 1.32 bits per heavy atom. The number of amides is 1. The van der Waals surface area contributed by atoms with Crippen LogP contribution in [0.15, 0.2) is 24.3 Å². The van der Waals surface area contributed by atoms with Gasteiger partial charge in [0.05, 0.1) is 13.0 Å². The number of carbonyl (C=O) groups is 2. The van der Waals surface area contributed by atoms with Crippen LogP contribution in [0, 0.1) is 10.1 Å². The summed E-state index contributed by atoms with van der Waals surface area (Å²) in [6, 6.07) is 6.24. The van der Waals surface area contributed by atoms with Crippen molar-refractivity contribution in [2.24, 2.45) is 0 Å². The van der Waals surface area contributed by atoms with Crippen molar-refractivity contribution in [2.75, 3.05) is 11.9 Å². The molecule has 9 nitrogen and oxygen atoms in total. The van der Waals surface area contributed by atoms with Gasteiger partial charge in [-0.2, -0.15) is 0 Å². The summed E-state index contributed by atoms with van der Waals surface area (Å²) in [5.74, 6) is -0.442. The molecule has 0 bridgehead atoms. The first-order chi connectivity index (χ1) is 10.4. The van der Waals surface area contributed by atoms with Crippen LogP contribution in [0.1, 0.15) is 20.3 Å². The maximum Gasteiger partial charge on any atom is 0.313 e. The highest BCUT2D eigenvalue weighted by molar-refractivity contribution is 5.88. The molecule has 0 fully saturated rings. The van der Waals surface area contributed by atoms with E-state index in [4.69, 9.17) is 9.47 Å². The van der Waals surface area contributed by atoms with Crippen LogP contribution in [-0.4, -0.2) is 29.9 Å². The summed E-state index contributed by atoms with van der Waals surface area (Å²) in [5.41, 5.74) is 0.585. The van der Waals surface area contributed by atoms with E-state index in [2.05, 4.69) is 10.2 Å². The number of anilines is 1. The summed E-state index contributed by atoms with van der Waals surface area (Å²) in [6.07, 6.45) is -1.14. The molecule has 0 spiro atoms. The van der Waals surface area contributed by atoms with Crippen molar-refractivity contribution in [3.8, 4) is 5.75 Å². The van der Waals surface area contributed by atoms with Crippen LogP contribution >= 0.6 is 0 Å². The van der Waals surface area contributed by atoms with Crippen LogP contribution in [0.3, 0.4) is 0 Å². The van der Waals surface area contributed by atoms with Gasteiger partial charge in [-0.25, -0.2) is 0 Å². The van der Waals surface area contributed by atoms with Gasteiger partial charge in [0.2, 0.25) is 12.2 Å². The molecular formula is C13H16N2O7. The fourth-order valence-electron chi connectivity index (χ4n) is 1.45. The largest absolute Gasteiger partial charge is 0.426 e. The first-order valence-corrected chi connectivity index (χ1v) is 6.38. The average molecular weight is 312 g/mol. The van der Waals surface area contributed by atoms with Gasteiger partial charge in [0.1, 0.15) is 5.75 Å². The summed E-state index contributed by atoms with van der Waals surface area (Å²) < 4.78 is 9.94. The van der Waals surface area contributed by atoms with Crippen molar-refractivity contribution < 1.29 is 29.0 Å². The lowest BCUT2D eigenvalue weighted by molar-refractivity contribution is -0.779. The molecule has 0 aliphatic rings. The third kappa shape index (κ3) is 7.20. The number of ether oxygens (including phenoxy) is 2. The zero-order chi connectivity index (χ0) is 16.5. The minimum atomic E-state index is -1.06. The van der Waals surface area contributed by atoms with Gasteiger partial charge in [0, 0.05) is 12.6 Å². The van der Waals surface area contributed by atoms with E-state index in [0.29, 0.717) is 11.4 Å². The summed E-state index contributed by atoms with van der Waals surface area (Å²) in [6.45, 7) is 2.66. The Hall–Kier alpha value is -2.68. The van der Waals surface area contributed by atoms with Crippen molar-refractivity contribution in [2.45, 2.75) is 26.6 Å². The second kappa shape index (κ2) is 8.57. The lowest BCUT2D eigenvalue weighted by Crippen LogP contribution is -2.19. The monoisotopic (exact) mass is 312 g/mol. The molecule has 1 aromatic carbocycles. The number of hydrogen-bond donors (Lipinski definition) is 1.